The third-order valence-corrected chi connectivity index (χ3v) is 2.74. The molecule has 0 bridgehead atoms. The highest BCUT2D eigenvalue weighted by atomic mass is 127. The summed E-state index contributed by atoms with van der Waals surface area (Å²) in [5.41, 5.74) is -0.674. The van der Waals surface area contributed by atoms with Crippen molar-refractivity contribution in [3.05, 3.63) is 26.8 Å². The fourth-order valence-corrected chi connectivity index (χ4v) is 1.65. The number of ether oxygens (including phenoxy) is 1. The normalized spacial score (nSPS) is 10.6. The molecule has 0 N–H and O–H groups in total. The molecule has 0 radical (unpaired) electrons. The summed E-state index contributed by atoms with van der Waals surface area (Å²) in [6.07, 6.45) is -3.16. The molecule has 7 heteroatoms. The number of hydrogen-bond acceptors (Lipinski definition) is 3. The third-order valence-electron chi connectivity index (χ3n) is 1.80. The number of aromatic nitrogens is 1. The van der Waals surface area contributed by atoms with Gasteiger partial charge in [0, 0.05) is 3.57 Å². The van der Waals surface area contributed by atoms with Crippen LogP contribution in [-0.4, -0.2) is 18.1 Å². The van der Waals surface area contributed by atoms with Gasteiger partial charge >= 0.3 is 5.97 Å². The Labute approximate surface area is 103 Å². The highest BCUT2D eigenvalue weighted by Gasteiger charge is 2.18. The first kappa shape index (κ1) is 13.2. The van der Waals surface area contributed by atoms with Crippen LogP contribution in [0.2, 0.25) is 0 Å². The monoisotopic (exact) mass is 345 g/mol. The Bertz CT molecular complexity index is 412. The largest absolute Gasteiger partial charge is 0.469 e. The van der Waals surface area contributed by atoms with Crippen LogP contribution in [0.5, 0.6) is 0 Å². The predicted molar refractivity (Wildman–Crippen MR) is 57.6 cm³/mol. The van der Waals surface area contributed by atoms with Crippen LogP contribution < -0.4 is 0 Å². The van der Waals surface area contributed by atoms with Gasteiger partial charge in [-0.15, -0.1) is 0 Å². The van der Waals surface area contributed by atoms with E-state index in [0.717, 1.165) is 6.07 Å². The number of carbonyl (C=O) groups is 1. The van der Waals surface area contributed by atoms with E-state index in [2.05, 4.69) is 9.72 Å². The maximum Gasteiger partial charge on any atom is 0.311 e. The van der Waals surface area contributed by atoms with Crippen LogP contribution in [0, 0.1) is 9.52 Å². The highest BCUT2D eigenvalue weighted by Crippen LogP contribution is 2.24. The van der Waals surface area contributed by atoms with Crippen molar-refractivity contribution in [2.24, 2.45) is 0 Å². The van der Waals surface area contributed by atoms with Crippen molar-refractivity contribution in [3.63, 3.8) is 0 Å². The zero-order chi connectivity index (χ0) is 12.3. The molecular formula is C9H7F3INO2. The molecule has 0 amide bonds. The molecule has 0 aliphatic rings. The summed E-state index contributed by atoms with van der Waals surface area (Å²) in [5, 5.41) is 0. The minimum atomic E-state index is -2.92. The van der Waals surface area contributed by atoms with Gasteiger partial charge in [-0.2, -0.15) is 4.39 Å². The maximum atomic E-state index is 13.1. The van der Waals surface area contributed by atoms with Crippen LogP contribution in [0.3, 0.4) is 0 Å². The average molecular weight is 345 g/mol. The van der Waals surface area contributed by atoms with Crippen molar-refractivity contribution in [2.45, 2.75) is 12.8 Å². The molecule has 0 spiro atoms. The minimum Gasteiger partial charge on any atom is -0.469 e. The lowest BCUT2D eigenvalue weighted by Crippen LogP contribution is -2.10. The van der Waals surface area contributed by atoms with E-state index < -0.39 is 23.9 Å². The molecule has 1 rings (SSSR count). The van der Waals surface area contributed by atoms with Gasteiger partial charge in [-0.1, -0.05) is 0 Å². The maximum absolute atomic E-state index is 13.1. The van der Waals surface area contributed by atoms with Gasteiger partial charge in [0.05, 0.1) is 24.8 Å². The summed E-state index contributed by atoms with van der Waals surface area (Å²) in [4.78, 5) is 14.3. The molecule has 0 atom stereocenters. The molecule has 0 fully saturated rings. The second-order valence-electron chi connectivity index (χ2n) is 2.85. The Kier molecular flexibility index (Phi) is 4.51. The van der Waals surface area contributed by atoms with Gasteiger partial charge in [0.2, 0.25) is 5.95 Å². The fourth-order valence-electron chi connectivity index (χ4n) is 1.00. The molecule has 0 aliphatic heterocycles. The topological polar surface area (TPSA) is 39.2 Å². The van der Waals surface area contributed by atoms with Crippen molar-refractivity contribution < 1.29 is 22.7 Å². The molecule has 16 heavy (non-hydrogen) atoms. The molecule has 3 nitrogen and oxygen atoms in total. The number of alkyl halides is 2. The zero-order valence-corrected chi connectivity index (χ0v) is 10.3. The van der Waals surface area contributed by atoms with Crippen molar-refractivity contribution in [3.8, 4) is 0 Å². The van der Waals surface area contributed by atoms with Crippen molar-refractivity contribution in [2.75, 3.05) is 7.11 Å². The number of rotatable bonds is 3. The van der Waals surface area contributed by atoms with Crippen LogP contribution >= 0.6 is 22.6 Å². The van der Waals surface area contributed by atoms with Gasteiger partial charge in [-0.3, -0.25) is 4.79 Å². The van der Waals surface area contributed by atoms with Gasteiger partial charge in [-0.25, -0.2) is 13.8 Å². The Morgan fingerprint density at radius 1 is 1.62 bits per heavy atom. The van der Waals surface area contributed by atoms with E-state index in [1.807, 2.05) is 0 Å². The second-order valence-corrected chi connectivity index (χ2v) is 4.01. The summed E-state index contributed by atoms with van der Waals surface area (Å²) in [6, 6.07) is 0.978. The minimum absolute atomic E-state index is 0.0920. The van der Waals surface area contributed by atoms with E-state index in [-0.39, 0.29) is 12.1 Å². The Morgan fingerprint density at radius 3 is 2.75 bits per heavy atom. The lowest BCUT2D eigenvalue weighted by Gasteiger charge is -2.06. The van der Waals surface area contributed by atoms with Crippen LogP contribution in [0.25, 0.3) is 0 Å². The fraction of sp³-hybridized carbons (Fsp3) is 0.333. The molecule has 0 aromatic carbocycles. The summed E-state index contributed by atoms with van der Waals surface area (Å²) >= 11 is 1.72. The average Bonchev–Trinajstić information content (AvgIpc) is 2.22. The highest BCUT2D eigenvalue weighted by molar-refractivity contribution is 14.1. The molecule has 0 saturated carbocycles. The SMILES string of the molecule is COC(=O)Cc1nc(F)c(C(F)F)cc1I. The first-order chi connectivity index (χ1) is 7.45. The van der Waals surface area contributed by atoms with E-state index in [9.17, 15) is 18.0 Å². The third kappa shape index (κ3) is 3.06. The lowest BCUT2D eigenvalue weighted by molar-refractivity contribution is -0.139. The van der Waals surface area contributed by atoms with E-state index >= 15 is 0 Å². The summed E-state index contributed by atoms with van der Waals surface area (Å²) < 4.78 is 42.4. The van der Waals surface area contributed by atoms with Gasteiger partial charge in [0.25, 0.3) is 6.43 Å². The molecular weight excluding hydrogens is 338 g/mol. The molecule has 1 aromatic heterocycles. The van der Waals surface area contributed by atoms with Gasteiger partial charge in [0.15, 0.2) is 0 Å². The molecule has 0 unspecified atom stereocenters. The molecule has 1 heterocycles. The van der Waals surface area contributed by atoms with Gasteiger partial charge in [-0.05, 0) is 28.7 Å². The zero-order valence-electron chi connectivity index (χ0n) is 8.14. The van der Waals surface area contributed by atoms with E-state index in [4.69, 9.17) is 0 Å². The van der Waals surface area contributed by atoms with Crippen molar-refractivity contribution in [1.82, 2.24) is 4.98 Å². The number of methoxy groups -OCH3 is 1. The quantitative estimate of drug-likeness (QED) is 0.480. The Morgan fingerprint density at radius 2 is 2.25 bits per heavy atom. The molecule has 0 aliphatic carbocycles. The van der Waals surface area contributed by atoms with E-state index in [1.165, 1.54) is 7.11 Å². The molecule has 1 aromatic rings. The van der Waals surface area contributed by atoms with E-state index in [1.54, 1.807) is 22.6 Å². The number of pyridine rings is 1. The van der Waals surface area contributed by atoms with Crippen molar-refractivity contribution in [1.29, 1.82) is 0 Å². The first-order valence-electron chi connectivity index (χ1n) is 4.15. The number of carbonyl (C=O) groups excluding carboxylic acids is 1. The number of halogens is 4. The molecule has 88 valence electrons. The second kappa shape index (κ2) is 5.46. The van der Waals surface area contributed by atoms with Gasteiger partial charge < -0.3 is 4.74 Å². The number of esters is 1. The number of hydrogen-bond donors (Lipinski definition) is 0. The lowest BCUT2D eigenvalue weighted by atomic mass is 10.2. The Hall–Kier alpha value is -0.860. The van der Waals surface area contributed by atoms with Crippen LogP contribution in [0.4, 0.5) is 13.2 Å². The molecule has 0 saturated heterocycles. The predicted octanol–water partition coefficient (Wildman–Crippen LogP) is 2.48. The van der Waals surface area contributed by atoms with E-state index in [0.29, 0.717) is 3.57 Å². The van der Waals surface area contributed by atoms with Gasteiger partial charge in [0.1, 0.15) is 0 Å². The van der Waals surface area contributed by atoms with Crippen LogP contribution in [0.1, 0.15) is 17.7 Å². The smallest absolute Gasteiger partial charge is 0.311 e. The summed E-state index contributed by atoms with van der Waals surface area (Å²) in [6.45, 7) is 0. The summed E-state index contributed by atoms with van der Waals surface area (Å²) in [5.74, 6) is -1.86. The van der Waals surface area contributed by atoms with Crippen LogP contribution in [-0.2, 0) is 16.0 Å². The Balaban J connectivity index is 3.05. The first-order valence-corrected chi connectivity index (χ1v) is 5.23. The van der Waals surface area contributed by atoms with Crippen LogP contribution in [0.15, 0.2) is 6.07 Å². The standard InChI is InChI=1S/C9H7F3INO2/c1-16-7(15)3-6-5(13)2-4(8(10)11)9(12)14-6/h2,8H,3H2,1H3. The van der Waals surface area contributed by atoms with Crippen molar-refractivity contribution >= 4 is 28.6 Å². The number of nitrogens with zero attached hydrogens (tertiary/aromatic N) is 1. The summed E-state index contributed by atoms with van der Waals surface area (Å²) in [7, 11) is 1.18.